The van der Waals surface area contributed by atoms with E-state index in [0.29, 0.717) is 32.0 Å². The van der Waals surface area contributed by atoms with Gasteiger partial charge in [-0.05, 0) is 70.0 Å². The molecule has 0 spiro atoms. The van der Waals surface area contributed by atoms with Gasteiger partial charge in [-0.3, -0.25) is 0 Å². The van der Waals surface area contributed by atoms with Gasteiger partial charge in [0.25, 0.3) is 0 Å². The highest BCUT2D eigenvalue weighted by Crippen LogP contribution is 2.38. The minimum atomic E-state index is -0.954. The monoisotopic (exact) mass is 576 g/mol. The van der Waals surface area contributed by atoms with E-state index >= 15 is 0 Å². The zero-order valence-corrected chi connectivity index (χ0v) is 25.2. The summed E-state index contributed by atoms with van der Waals surface area (Å²) in [7, 11) is 0. The lowest BCUT2D eigenvalue weighted by molar-refractivity contribution is -0.149. The van der Waals surface area contributed by atoms with Crippen LogP contribution in [0, 0.1) is 0 Å². The van der Waals surface area contributed by atoms with E-state index < -0.39 is 12.1 Å². The number of aliphatic carboxylic acids is 1. The fraction of sp³-hybridized carbons (Fsp3) is 0.289. The molecular formula is C38H40O5. The molecule has 0 saturated heterocycles. The number of carbonyl (C=O) groups is 1. The summed E-state index contributed by atoms with van der Waals surface area (Å²) in [6.07, 6.45) is 4.61. The molecule has 0 saturated carbocycles. The second-order valence-electron chi connectivity index (χ2n) is 10.9. The van der Waals surface area contributed by atoms with Crippen molar-refractivity contribution in [1.82, 2.24) is 0 Å². The van der Waals surface area contributed by atoms with E-state index in [2.05, 4.69) is 92.7 Å². The van der Waals surface area contributed by atoms with Crippen LogP contribution in [-0.2, 0) is 27.1 Å². The summed E-state index contributed by atoms with van der Waals surface area (Å²) < 4.78 is 18.0. The quantitative estimate of drug-likeness (QED) is 0.163. The lowest BCUT2D eigenvalue weighted by Crippen LogP contribution is -2.26. The SMILES string of the molecule is CCOC(Cc1ccc(OCCOC2c3ccc(C(C)c4ccccc4)cc3C=Cc3ccc(CC)cc32)cc1)C(=O)O. The van der Waals surface area contributed by atoms with Crippen LogP contribution < -0.4 is 4.74 Å². The average molecular weight is 577 g/mol. The van der Waals surface area contributed by atoms with Gasteiger partial charge in [0.2, 0.25) is 0 Å². The molecule has 1 aliphatic carbocycles. The molecule has 0 bridgehead atoms. The van der Waals surface area contributed by atoms with Gasteiger partial charge in [0, 0.05) is 18.9 Å². The van der Waals surface area contributed by atoms with E-state index in [0.717, 1.165) is 17.5 Å². The summed E-state index contributed by atoms with van der Waals surface area (Å²) in [5, 5.41) is 9.36. The first-order valence-corrected chi connectivity index (χ1v) is 15.1. The van der Waals surface area contributed by atoms with Gasteiger partial charge < -0.3 is 19.3 Å². The third-order valence-electron chi connectivity index (χ3n) is 8.10. The summed E-state index contributed by atoms with van der Waals surface area (Å²) in [4.78, 5) is 11.4. The predicted octanol–water partition coefficient (Wildman–Crippen LogP) is 8.10. The molecule has 5 rings (SSSR count). The third-order valence-corrected chi connectivity index (χ3v) is 8.10. The summed E-state index contributed by atoms with van der Waals surface area (Å²) in [5.41, 5.74) is 9.40. The first kappa shape index (κ1) is 30.3. The van der Waals surface area contributed by atoms with Crippen LogP contribution in [0.4, 0.5) is 0 Å². The maximum Gasteiger partial charge on any atom is 0.333 e. The number of fused-ring (bicyclic) bond motifs is 2. The molecule has 3 atom stereocenters. The van der Waals surface area contributed by atoms with Gasteiger partial charge in [0.15, 0.2) is 6.10 Å². The first-order valence-electron chi connectivity index (χ1n) is 15.1. The Labute approximate surface area is 254 Å². The van der Waals surface area contributed by atoms with Crippen molar-refractivity contribution in [2.75, 3.05) is 19.8 Å². The Hall–Kier alpha value is -4.19. The molecule has 4 aromatic rings. The van der Waals surface area contributed by atoms with Gasteiger partial charge in [-0.1, -0.05) is 105 Å². The van der Waals surface area contributed by atoms with Crippen molar-refractivity contribution in [2.45, 2.75) is 51.7 Å². The van der Waals surface area contributed by atoms with Gasteiger partial charge in [-0.25, -0.2) is 4.79 Å². The van der Waals surface area contributed by atoms with Gasteiger partial charge >= 0.3 is 5.97 Å². The van der Waals surface area contributed by atoms with E-state index in [4.69, 9.17) is 14.2 Å². The van der Waals surface area contributed by atoms with E-state index in [1.165, 1.54) is 33.4 Å². The maximum absolute atomic E-state index is 11.4. The number of carboxylic acid groups (broad SMARTS) is 1. The van der Waals surface area contributed by atoms with Gasteiger partial charge in [-0.2, -0.15) is 0 Å². The van der Waals surface area contributed by atoms with Gasteiger partial charge in [-0.15, -0.1) is 0 Å². The number of benzene rings is 4. The zero-order valence-electron chi connectivity index (χ0n) is 25.2. The van der Waals surface area contributed by atoms with Gasteiger partial charge in [0.1, 0.15) is 18.5 Å². The summed E-state index contributed by atoms with van der Waals surface area (Å²) in [6, 6.07) is 31.5. The van der Waals surface area contributed by atoms with Crippen LogP contribution >= 0.6 is 0 Å². The molecule has 0 heterocycles. The number of hydrogen-bond donors (Lipinski definition) is 1. The molecule has 5 heteroatoms. The molecule has 222 valence electrons. The second kappa shape index (κ2) is 14.3. The topological polar surface area (TPSA) is 65.0 Å². The molecule has 0 radical (unpaired) electrons. The van der Waals surface area contributed by atoms with E-state index in [1.807, 2.05) is 24.3 Å². The van der Waals surface area contributed by atoms with Crippen molar-refractivity contribution in [1.29, 1.82) is 0 Å². The minimum Gasteiger partial charge on any atom is -0.491 e. The van der Waals surface area contributed by atoms with Crippen LogP contribution in [0.2, 0.25) is 0 Å². The average Bonchev–Trinajstić information content (AvgIpc) is 3.19. The molecule has 43 heavy (non-hydrogen) atoms. The van der Waals surface area contributed by atoms with Crippen molar-refractivity contribution < 1.29 is 24.1 Å². The van der Waals surface area contributed by atoms with E-state index in [-0.39, 0.29) is 12.0 Å². The molecule has 0 amide bonds. The van der Waals surface area contributed by atoms with Crippen LogP contribution in [0.1, 0.15) is 77.3 Å². The normalized spacial score (nSPS) is 15.2. The van der Waals surface area contributed by atoms with Crippen molar-refractivity contribution in [3.05, 3.63) is 136 Å². The smallest absolute Gasteiger partial charge is 0.333 e. The number of ether oxygens (including phenoxy) is 3. The molecule has 1 aliphatic rings. The Morgan fingerprint density at radius 2 is 1.53 bits per heavy atom. The second-order valence-corrected chi connectivity index (χ2v) is 10.9. The molecule has 5 nitrogen and oxygen atoms in total. The lowest BCUT2D eigenvalue weighted by Gasteiger charge is -2.23. The highest BCUT2D eigenvalue weighted by Gasteiger charge is 2.24. The fourth-order valence-corrected chi connectivity index (χ4v) is 5.61. The highest BCUT2D eigenvalue weighted by atomic mass is 16.5. The van der Waals surface area contributed by atoms with Gasteiger partial charge in [0.05, 0.1) is 6.61 Å². The Morgan fingerprint density at radius 1 is 0.791 bits per heavy atom. The largest absolute Gasteiger partial charge is 0.491 e. The fourth-order valence-electron chi connectivity index (χ4n) is 5.61. The van der Waals surface area contributed by atoms with Crippen molar-refractivity contribution in [2.24, 2.45) is 0 Å². The number of hydrogen-bond acceptors (Lipinski definition) is 4. The summed E-state index contributed by atoms with van der Waals surface area (Å²) in [5.74, 6) is 0.0431. The predicted molar refractivity (Wildman–Crippen MR) is 172 cm³/mol. The number of aryl methyl sites for hydroxylation is 1. The van der Waals surface area contributed by atoms with Crippen molar-refractivity contribution in [3.63, 3.8) is 0 Å². The highest BCUT2D eigenvalue weighted by molar-refractivity contribution is 5.77. The van der Waals surface area contributed by atoms with Crippen LogP contribution in [0.5, 0.6) is 5.75 Å². The Morgan fingerprint density at radius 3 is 2.26 bits per heavy atom. The molecule has 1 N–H and O–H groups in total. The summed E-state index contributed by atoms with van der Waals surface area (Å²) >= 11 is 0. The minimum absolute atomic E-state index is 0.218. The van der Waals surface area contributed by atoms with Crippen molar-refractivity contribution >= 4 is 18.1 Å². The molecular weight excluding hydrogens is 536 g/mol. The zero-order chi connectivity index (χ0) is 30.2. The standard InChI is InChI=1S/C38H40O5/c1-4-27-11-14-30-15-16-32-25-31(26(3)29-9-7-6-8-10-29)17-20-34(32)37(35(30)23-27)43-22-21-42-33-18-12-28(13-19-33)24-36(38(39)40)41-5-2/h6-20,23,25-26,36-37H,4-5,21-22,24H2,1-3H3,(H,39,40). The lowest BCUT2D eigenvalue weighted by atomic mass is 9.88. The van der Waals surface area contributed by atoms with Crippen LogP contribution in [0.15, 0.2) is 91.0 Å². The third kappa shape index (κ3) is 7.42. The molecule has 0 fully saturated rings. The first-order chi connectivity index (χ1) is 21.0. The maximum atomic E-state index is 11.4. The number of carboxylic acids is 1. The molecule has 3 unspecified atom stereocenters. The van der Waals surface area contributed by atoms with E-state index in [9.17, 15) is 9.90 Å². The van der Waals surface area contributed by atoms with E-state index in [1.54, 1.807) is 6.92 Å². The summed E-state index contributed by atoms with van der Waals surface area (Å²) in [6.45, 7) is 7.38. The molecule has 0 aliphatic heterocycles. The Kier molecular flexibility index (Phi) is 10.1. The molecule has 4 aromatic carbocycles. The Bertz CT molecular complexity index is 1540. The number of rotatable bonds is 13. The van der Waals surface area contributed by atoms with Crippen LogP contribution in [0.25, 0.3) is 12.2 Å². The molecule has 0 aromatic heterocycles. The van der Waals surface area contributed by atoms with Crippen LogP contribution in [-0.4, -0.2) is 37.0 Å². The van der Waals surface area contributed by atoms with Crippen molar-refractivity contribution in [3.8, 4) is 5.75 Å². The Balaban J connectivity index is 1.30. The van der Waals surface area contributed by atoms with Crippen LogP contribution in [0.3, 0.4) is 0 Å².